The van der Waals surface area contributed by atoms with Crippen molar-refractivity contribution in [2.75, 3.05) is 6.54 Å². The molecule has 1 aliphatic heterocycles. The number of aryl methyl sites for hydroxylation is 1. The van der Waals surface area contributed by atoms with Gasteiger partial charge in [0.1, 0.15) is 23.5 Å². The molecule has 1 saturated heterocycles. The van der Waals surface area contributed by atoms with Gasteiger partial charge in [-0.1, -0.05) is 6.07 Å². The Morgan fingerprint density at radius 1 is 1.20 bits per heavy atom. The number of amides is 1. The van der Waals surface area contributed by atoms with Gasteiger partial charge in [0.25, 0.3) is 0 Å². The second-order valence-corrected chi connectivity index (χ2v) is 9.41. The first-order valence-corrected chi connectivity index (χ1v) is 10.5. The number of carboxylic acids is 1. The summed E-state index contributed by atoms with van der Waals surface area (Å²) in [7, 11) is 0. The van der Waals surface area contributed by atoms with Gasteiger partial charge in [-0.3, -0.25) is 4.90 Å². The maximum atomic E-state index is 12.6. The average Bonchev–Trinajstić information content (AvgIpc) is 2.66. The third-order valence-electron chi connectivity index (χ3n) is 5.89. The molecule has 1 aromatic rings. The van der Waals surface area contributed by atoms with Crippen molar-refractivity contribution in [1.82, 2.24) is 4.90 Å². The van der Waals surface area contributed by atoms with Crippen molar-refractivity contribution >= 4 is 12.1 Å². The molecule has 1 heterocycles. The highest BCUT2D eigenvalue weighted by molar-refractivity contribution is 5.80. The van der Waals surface area contributed by atoms with Crippen LogP contribution in [0.3, 0.4) is 0 Å². The highest BCUT2D eigenvalue weighted by Gasteiger charge is 2.45. The van der Waals surface area contributed by atoms with Gasteiger partial charge in [0.15, 0.2) is 0 Å². The third kappa shape index (κ3) is 5.05. The molecule has 3 rings (SSSR count). The molecule has 4 unspecified atom stereocenters. The molecule has 2 fully saturated rings. The van der Waals surface area contributed by atoms with Gasteiger partial charge < -0.3 is 14.6 Å². The summed E-state index contributed by atoms with van der Waals surface area (Å²) in [4.78, 5) is 25.9. The fraction of sp³-hybridized carbons (Fsp3) is 0.609. The van der Waals surface area contributed by atoms with Gasteiger partial charge in [-0.25, -0.2) is 9.59 Å². The summed E-state index contributed by atoms with van der Waals surface area (Å²) < 4.78 is 11.6. The van der Waals surface area contributed by atoms with E-state index in [2.05, 4.69) is 6.07 Å². The molecule has 0 spiro atoms. The van der Waals surface area contributed by atoms with Gasteiger partial charge in [0.2, 0.25) is 0 Å². The number of ether oxygens (including phenoxy) is 2. The number of likely N-dealkylation sites (tertiary alicyclic amines) is 1. The van der Waals surface area contributed by atoms with E-state index >= 15 is 0 Å². The van der Waals surface area contributed by atoms with E-state index in [0.717, 1.165) is 24.8 Å². The number of carbonyl (C=O) groups excluding carboxylic acids is 1. The molecule has 1 N–H and O–H groups in total. The second kappa shape index (κ2) is 8.55. The number of carbonyl (C=O) groups is 2. The minimum Gasteiger partial charge on any atom is -0.489 e. The Balaban J connectivity index is 1.70. The number of piperidine rings is 1. The van der Waals surface area contributed by atoms with Crippen molar-refractivity contribution < 1.29 is 24.2 Å². The lowest BCUT2D eigenvalue weighted by atomic mass is 9.72. The molecule has 1 saturated carbocycles. The standard InChI is InChI=1S/C23H30N2O5/c1-14-5-8-20(17(9-14)12-24)29-18-7-6-15-13-25(22(28)30-23(2,3)4)19(21(26)27)11-16(15)10-18/h5,8-9,15-16,18-19H,6-7,10-11,13H2,1-4H3,(H,26,27). The fourth-order valence-corrected chi connectivity index (χ4v) is 4.48. The van der Waals surface area contributed by atoms with Crippen LogP contribution in [0.5, 0.6) is 5.75 Å². The van der Waals surface area contributed by atoms with E-state index < -0.39 is 23.7 Å². The predicted octanol–water partition coefficient (Wildman–Crippen LogP) is 4.12. The van der Waals surface area contributed by atoms with Crippen LogP contribution in [0.15, 0.2) is 18.2 Å². The van der Waals surface area contributed by atoms with Crippen LogP contribution in [0.25, 0.3) is 0 Å². The van der Waals surface area contributed by atoms with E-state index in [9.17, 15) is 20.0 Å². The van der Waals surface area contributed by atoms with E-state index in [4.69, 9.17) is 9.47 Å². The molecule has 0 radical (unpaired) electrons. The molecule has 0 aromatic heterocycles. The Morgan fingerprint density at radius 3 is 2.57 bits per heavy atom. The fourth-order valence-electron chi connectivity index (χ4n) is 4.48. The summed E-state index contributed by atoms with van der Waals surface area (Å²) in [5.41, 5.74) is 0.844. The van der Waals surface area contributed by atoms with Crippen molar-refractivity contribution in [2.45, 2.75) is 71.1 Å². The zero-order chi connectivity index (χ0) is 22.1. The largest absolute Gasteiger partial charge is 0.489 e. The quantitative estimate of drug-likeness (QED) is 0.798. The molecule has 1 amide bonds. The summed E-state index contributed by atoms with van der Waals surface area (Å²) in [6.07, 6.45) is 2.12. The number of aliphatic carboxylic acids is 1. The first-order valence-electron chi connectivity index (χ1n) is 10.5. The molecule has 162 valence electrons. The lowest BCUT2D eigenvalue weighted by molar-refractivity contribution is -0.147. The van der Waals surface area contributed by atoms with Gasteiger partial charge in [-0.2, -0.15) is 5.26 Å². The molecule has 0 bridgehead atoms. The molecule has 7 heteroatoms. The predicted molar refractivity (Wildman–Crippen MR) is 110 cm³/mol. The summed E-state index contributed by atoms with van der Waals surface area (Å²) in [6, 6.07) is 6.83. The van der Waals surface area contributed by atoms with Crippen LogP contribution < -0.4 is 4.74 Å². The maximum Gasteiger partial charge on any atom is 0.411 e. The van der Waals surface area contributed by atoms with Gasteiger partial charge in [0.05, 0.1) is 11.7 Å². The van der Waals surface area contributed by atoms with Crippen molar-refractivity contribution in [3.8, 4) is 11.8 Å². The molecule has 7 nitrogen and oxygen atoms in total. The molecule has 1 aliphatic carbocycles. The summed E-state index contributed by atoms with van der Waals surface area (Å²) >= 11 is 0. The molecule has 2 aliphatic rings. The number of carboxylic acid groups (broad SMARTS) is 1. The van der Waals surface area contributed by atoms with Crippen LogP contribution >= 0.6 is 0 Å². The Morgan fingerprint density at radius 2 is 1.93 bits per heavy atom. The van der Waals surface area contributed by atoms with E-state index in [0.29, 0.717) is 24.3 Å². The third-order valence-corrected chi connectivity index (χ3v) is 5.89. The smallest absolute Gasteiger partial charge is 0.411 e. The number of hydrogen-bond acceptors (Lipinski definition) is 5. The monoisotopic (exact) mass is 414 g/mol. The summed E-state index contributed by atoms with van der Waals surface area (Å²) in [5, 5.41) is 19.1. The number of rotatable bonds is 3. The van der Waals surface area contributed by atoms with Gasteiger partial charge >= 0.3 is 12.1 Å². The number of fused-ring (bicyclic) bond motifs is 1. The zero-order valence-electron chi connectivity index (χ0n) is 18.1. The second-order valence-electron chi connectivity index (χ2n) is 9.41. The minimum absolute atomic E-state index is 0.0661. The first kappa shape index (κ1) is 21.9. The van der Waals surface area contributed by atoms with E-state index in [1.54, 1.807) is 26.8 Å². The zero-order valence-corrected chi connectivity index (χ0v) is 18.1. The molecule has 4 atom stereocenters. The van der Waals surface area contributed by atoms with E-state index in [1.165, 1.54) is 4.90 Å². The highest BCUT2D eigenvalue weighted by atomic mass is 16.6. The Hall–Kier alpha value is -2.75. The molecule has 1 aromatic carbocycles. The lowest BCUT2D eigenvalue weighted by Gasteiger charge is -2.46. The number of hydrogen-bond donors (Lipinski definition) is 1. The van der Waals surface area contributed by atoms with E-state index in [1.807, 2.05) is 19.1 Å². The van der Waals surface area contributed by atoms with Crippen LogP contribution in [0.1, 0.15) is 57.6 Å². The minimum atomic E-state index is -1.01. The van der Waals surface area contributed by atoms with Crippen LogP contribution in [0.2, 0.25) is 0 Å². The Labute approximate surface area is 177 Å². The summed E-state index contributed by atoms with van der Waals surface area (Å²) in [6.45, 7) is 7.64. The first-order chi connectivity index (χ1) is 14.1. The van der Waals surface area contributed by atoms with Crippen LogP contribution in [-0.2, 0) is 9.53 Å². The van der Waals surface area contributed by atoms with Crippen molar-refractivity contribution in [3.05, 3.63) is 29.3 Å². The highest BCUT2D eigenvalue weighted by Crippen LogP contribution is 2.40. The molecular weight excluding hydrogens is 384 g/mol. The number of nitriles is 1. The van der Waals surface area contributed by atoms with Gasteiger partial charge in [-0.15, -0.1) is 0 Å². The molecular formula is C23H30N2O5. The number of nitrogens with zero attached hydrogens (tertiary/aromatic N) is 2. The van der Waals surface area contributed by atoms with Crippen LogP contribution in [0, 0.1) is 30.1 Å². The van der Waals surface area contributed by atoms with Crippen molar-refractivity contribution in [1.29, 1.82) is 5.26 Å². The van der Waals surface area contributed by atoms with Crippen LogP contribution in [0.4, 0.5) is 4.79 Å². The van der Waals surface area contributed by atoms with Crippen molar-refractivity contribution in [2.24, 2.45) is 11.8 Å². The van der Waals surface area contributed by atoms with Gasteiger partial charge in [-0.05, 0) is 82.9 Å². The van der Waals surface area contributed by atoms with Crippen molar-refractivity contribution in [3.63, 3.8) is 0 Å². The Kier molecular flexibility index (Phi) is 6.25. The summed E-state index contributed by atoms with van der Waals surface area (Å²) in [5.74, 6) is -0.0545. The normalized spacial score (nSPS) is 26.3. The number of benzene rings is 1. The Bertz CT molecular complexity index is 854. The average molecular weight is 415 g/mol. The van der Waals surface area contributed by atoms with Gasteiger partial charge in [0, 0.05) is 6.54 Å². The topological polar surface area (TPSA) is 99.9 Å². The SMILES string of the molecule is Cc1ccc(OC2CCC3CN(C(=O)OC(C)(C)C)C(C(=O)O)CC3C2)c(C#N)c1. The lowest BCUT2D eigenvalue weighted by Crippen LogP contribution is -2.56. The van der Waals surface area contributed by atoms with Crippen LogP contribution in [-0.4, -0.2) is 46.4 Å². The van der Waals surface area contributed by atoms with E-state index in [-0.39, 0.29) is 17.9 Å². The molecule has 30 heavy (non-hydrogen) atoms. The maximum absolute atomic E-state index is 12.6.